The SMILES string of the molecule is CCCCCCCCCCCCCCCCCCCCCCCCCCCCCCCCCCCCCCCCCc1ccccc1S(=O)(=O)[O-].[K+]. The molecule has 0 saturated carbocycles. The maximum atomic E-state index is 11.4. The molecule has 0 atom stereocenters. The van der Waals surface area contributed by atoms with Crippen LogP contribution in [0.15, 0.2) is 29.2 Å². The Balaban J connectivity index is 0.0000260. The van der Waals surface area contributed by atoms with Crippen LogP contribution >= 0.6 is 0 Å². The minimum atomic E-state index is -4.37. The van der Waals surface area contributed by atoms with Crippen LogP contribution in [0, 0.1) is 0 Å². The first kappa shape index (κ1) is 52.8. The van der Waals surface area contributed by atoms with E-state index in [-0.39, 0.29) is 56.3 Å². The largest absolute Gasteiger partial charge is 1.00 e. The number of hydrogen-bond acceptors (Lipinski definition) is 3. The van der Waals surface area contributed by atoms with E-state index in [1.54, 1.807) is 12.1 Å². The van der Waals surface area contributed by atoms with E-state index in [4.69, 9.17) is 0 Å². The van der Waals surface area contributed by atoms with E-state index in [1.165, 1.54) is 244 Å². The summed E-state index contributed by atoms with van der Waals surface area (Å²) in [6, 6.07) is 6.65. The molecule has 3 nitrogen and oxygen atoms in total. The smallest absolute Gasteiger partial charge is 0.744 e. The van der Waals surface area contributed by atoms with Crippen molar-refractivity contribution in [1.29, 1.82) is 0 Å². The van der Waals surface area contributed by atoms with Gasteiger partial charge < -0.3 is 4.55 Å². The van der Waals surface area contributed by atoms with Gasteiger partial charge in [0.2, 0.25) is 0 Å². The molecule has 52 heavy (non-hydrogen) atoms. The summed E-state index contributed by atoms with van der Waals surface area (Å²) >= 11 is 0. The molecular formula is C47H87KO3S. The predicted octanol–water partition coefficient (Wildman–Crippen LogP) is 13.4. The van der Waals surface area contributed by atoms with Crippen LogP contribution in [-0.4, -0.2) is 13.0 Å². The third-order valence-corrected chi connectivity index (χ3v) is 12.2. The molecule has 0 spiro atoms. The second-order valence-electron chi connectivity index (χ2n) is 16.2. The molecule has 0 aromatic heterocycles. The third kappa shape index (κ3) is 36.4. The summed E-state index contributed by atoms with van der Waals surface area (Å²) < 4.78 is 34.2. The van der Waals surface area contributed by atoms with Crippen LogP contribution in [0.5, 0.6) is 0 Å². The molecule has 0 aliphatic carbocycles. The van der Waals surface area contributed by atoms with Gasteiger partial charge in [-0.3, -0.25) is 0 Å². The second kappa shape index (κ2) is 41.4. The molecule has 0 aliphatic rings. The first-order valence-corrected chi connectivity index (χ1v) is 24.5. The minimum Gasteiger partial charge on any atom is -0.744 e. The average Bonchev–Trinajstić information content (AvgIpc) is 3.12. The fourth-order valence-corrected chi connectivity index (χ4v) is 8.62. The Hall–Kier alpha value is 0.766. The summed E-state index contributed by atoms with van der Waals surface area (Å²) in [6.07, 6.45) is 55.8. The van der Waals surface area contributed by atoms with Crippen molar-refractivity contribution in [2.75, 3.05) is 0 Å². The van der Waals surface area contributed by atoms with E-state index in [1.807, 2.05) is 6.07 Å². The van der Waals surface area contributed by atoms with Gasteiger partial charge in [0, 0.05) is 0 Å². The summed E-state index contributed by atoms with van der Waals surface area (Å²) in [7, 11) is -4.37. The summed E-state index contributed by atoms with van der Waals surface area (Å²) in [5.41, 5.74) is 0.675. The molecule has 0 unspecified atom stereocenters. The van der Waals surface area contributed by atoms with Crippen LogP contribution in [0.2, 0.25) is 0 Å². The molecule has 1 rings (SSSR count). The van der Waals surface area contributed by atoms with Crippen molar-refractivity contribution in [2.24, 2.45) is 0 Å². The number of benzene rings is 1. The van der Waals surface area contributed by atoms with E-state index >= 15 is 0 Å². The van der Waals surface area contributed by atoms with Crippen molar-refractivity contribution in [3.05, 3.63) is 29.8 Å². The Kier molecular flexibility index (Phi) is 42.0. The maximum absolute atomic E-state index is 11.4. The maximum Gasteiger partial charge on any atom is 1.00 e. The van der Waals surface area contributed by atoms with Gasteiger partial charge in [0.1, 0.15) is 10.1 Å². The van der Waals surface area contributed by atoms with Gasteiger partial charge in [0.15, 0.2) is 0 Å². The fraction of sp³-hybridized carbons (Fsp3) is 0.872. The predicted molar refractivity (Wildman–Crippen MR) is 224 cm³/mol. The van der Waals surface area contributed by atoms with Crippen LogP contribution in [0.3, 0.4) is 0 Å². The Labute approximate surface area is 369 Å². The van der Waals surface area contributed by atoms with Crippen LogP contribution in [0.1, 0.15) is 263 Å². The molecular weight excluding hydrogens is 684 g/mol. The van der Waals surface area contributed by atoms with Crippen LogP contribution < -0.4 is 51.4 Å². The summed E-state index contributed by atoms with van der Waals surface area (Å²) in [5.74, 6) is 0. The Morgan fingerprint density at radius 2 is 0.577 bits per heavy atom. The minimum absolute atomic E-state index is 0. The number of rotatable bonds is 41. The quantitative estimate of drug-likeness (QED) is 0.0378. The Bertz CT molecular complexity index is 950. The number of hydrogen-bond donors (Lipinski definition) is 0. The molecule has 1 aromatic carbocycles. The Morgan fingerprint density at radius 3 is 0.808 bits per heavy atom. The zero-order valence-electron chi connectivity index (χ0n) is 35.2. The summed E-state index contributed by atoms with van der Waals surface area (Å²) in [5, 5.41) is 0. The van der Waals surface area contributed by atoms with Crippen molar-refractivity contribution < 1.29 is 64.4 Å². The Morgan fingerprint density at radius 1 is 0.365 bits per heavy atom. The molecule has 0 N–H and O–H groups in total. The third-order valence-electron chi connectivity index (χ3n) is 11.3. The van der Waals surface area contributed by atoms with Gasteiger partial charge in [-0.1, -0.05) is 269 Å². The van der Waals surface area contributed by atoms with Gasteiger partial charge in [0.25, 0.3) is 0 Å². The monoisotopic (exact) mass is 771 g/mol. The van der Waals surface area contributed by atoms with E-state index in [0.29, 0.717) is 12.0 Å². The van der Waals surface area contributed by atoms with Gasteiger partial charge in [-0.25, -0.2) is 8.42 Å². The van der Waals surface area contributed by atoms with Gasteiger partial charge in [-0.05, 0) is 24.5 Å². The molecule has 0 heterocycles. The topological polar surface area (TPSA) is 57.2 Å². The molecule has 0 aliphatic heterocycles. The van der Waals surface area contributed by atoms with Crippen LogP contribution in [-0.2, 0) is 16.5 Å². The molecule has 0 saturated heterocycles. The molecule has 0 fully saturated rings. The van der Waals surface area contributed by atoms with Crippen LogP contribution in [0.25, 0.3) is 0 Å². The molecule has 0 bridgehead atoms. The summed E-state index contributed by atoms with van der Waals surface area (Å²) in [4.78, 5) is -0.0401. The first-order valence-electron chi connectivity index (χ1n) is 23.1. The average molecular weight is 771 g/mol. The van der Waals surface area contributed by atoms with Crippen molar-refractivity contribution >= 4 is 10.1 Å². The molecule has 1 aromatic rings. The molecule has 300 valence electrons. The van der Waals surface area contributed by atoms with E-state index < -0.39 is 10.1 Å². The summed E-state index contributed by atoms with van der Waals surface area (Å²) in [6.45, 7) is 2.30. The van der Waals surface area contributed by atoms with Crippen molar-refractivity contribution in [2.45, 2.75) is 269 Å². The zero-order chi connectivity index (χ0) is 36.8. The van der Waals surface area contributed by atoms with E-state index in [2.05, 4.69) is 6.92 Å². The fourth-order valence-electron chi connectivity index (χ4n) is 7.88. The second-order valence-corrected chi connectivity index (χ2v) is 17.6. The zero-order valence-corrected chi connectivity index (χ0v) is 39.2. The van der Waals surface area contributed by atoms with Gasteiger partial charge in [0.05, 0.1) is 4.90 Å². The van der Waals surface area contributed by atoms with Gasteiger partial charge >= 0.3 is 51.4 Å². The van der Waals surface area contributed by atoms with Crippen LogP contribution in [0.4, 0.5) is 0 Å². The van der Waals surface area contributed by atoms with E-state index in [9.17, 15) is 13.0 Å². The standard InChI is InChI=1S/C47H88O3S.K/c1-2-3-4-5-6-7-8-9-10-11-12-13-14-15-16-17-18-19-20-21-22-23-24-25-26-27-28-29-30-31-32-33-34-35-36-37-38-39-40-43-46-44-41-42-45-47(46)51(48,49)50;/h41-42,44-45H,2-40,43H2,1H3,(H,48,49,50);/q;+1/p-1. The number of aryl methyl sites for hydroxylation is 1. The van der Waals surface area contributed by atoms with Crippen molar-refractivity contribution in [3.63, 3.8) is 0 Å². The van der Waals surface area contributed by atoms with E-state index in [0.717, 1.165) is 12.8 Å². The van der Waals surface area contributed by atoms with Gasteiger partial charge in [-0.15, -0.1) is 0 Å². The van der Waals surface area contributed by atoms with Crippen molar-refractivity contribution in [3.8, 4) is 0 Å². The molecule has 0 radical (unpaired) electrons. The molecule has 0 amide bonds. The number of unbranched alkanes of at least 4 members (excludes halogenated alkanes) is 38. The molecule has 5 heteroatoms. The normalized spacial score (nSPS) is 11.7. The first-order chi connectivity index (χ1) is 25.1. The van der Waals surface area contributed by atoms with Crippen molar-refractivity contribution in [1.82, 2.24) is 0 Å². The van der Waals surface area contributed by atoms with Gasteiger partial charge in [-0.2, -0.15) is 0 Å².